The molecule has 1 saturated carbocycles. The van der Waals surface area contributed by atoms with Gasteiger partial charge in [0.15, 0.2) is 0 Å². The Morgan fingerprint density at radius 1 is 1.13 bits per heavy atom. The molecule has 0 radical (unpaired) electrons. The summed E-state index contributed by atoms with van der Waals surface area (Å²) >= 11 is 6.43. The maximum absolute atomic E-state index is 14.3. The molecule has 2 aliphatic carbocycles. The van der Waals surface area contributed by atoms with Gasteiger partial charge in [-0.1, -0.05) is 48.0 Å². The minimum absolute atomic E-state index is 0.0494. The largest absolute Gasteiger partial charge is 0.490 e. The number of anilines is 1. The van der Waals surface area contributed by atoms with Crippen LogP contribution in [0.25, 0.3) is 0 Å². The van der Waals surface area contributed by atoms with Gasteiger partial charge < -0.3 is 14.4 Å². The third-order valence-electron chi connectivity index (χ3n) is 11.5. The van der Waals surface area contributed by atoms with E-state index in [1.54, 1.807) is 25.3 Å². The Morgan fingerprint density at radius 2 is 1.96 bits per heavy atom. The van der Waals surface area contributed by atoms with E-state index in [4.69, 9.17) is 21.1 Å². The van der Waals surface area contributed by atoms with Gasteiger partial charge in [0.05, 0.1) is 29.7 Å². The predicted octanol–water partition coefficient (Wildman–Crippen LogP) is 8.50. The van der Waals surface area contributed by atoms with Crippen LogP contribution < -0.4 is 14.4 Å². The lowest BCUT2D eigenvalue weighted by Crippen LogP contribution is -2.49. The van der Waals surface area contributed by atoms with Crippen LogP contribution in [0.15, 0.2) is 77.2 Å². The Hall–Kier alpha value is -3.87. The number of amides is 2. The molecule has 2 aliphatic heterocycles. The van der Waals surface area contributed by atoms with Crippen molar-refractivity contribution in [2.45, 2.75) is 75.5 Å². The molecule has 1 fully saturated rings. The number of alkyl halides is 3. The molecule has 7 rings (SSSR count). The van der Waals surface area contributed by atoms with Crippen LogP contribution in [-0.2, 0) is 43.9 Å². The van der Waals surface area contributed by atoms with Gasteiger partial charge in [0.25, 0.3) is 5.91 Å². The number of hydrogen-bond donors (Lipinski definition) is 1. The molecule has 3 aromatic carbocycles. The quantitative estimate of drug-likeness (QED) is 0.261. The van der Waals surface area contributed by atoms with Gasteiger partial charge in [0.2, 0.25) is 5.91 Å². The number of methoxy groups -OCH3 is 1. The van der Waals surface area contributed by atoms with E-state index >= 15 is 0 Å². The number of allylic oxidation sites excluding steroid dienone is 1. The summed E-state index contributed by atoms with van der Waals surface area (Å²) in [5.74, 6) is -0.377. The number of fused-ring (bicyclic) bond motifs is 4. The number of aryl methyl sites for hydroxylation is 2. The third kappa shape index (κ3) is 8.21. The molecule has 5 atom stereocenters. The monoisotopic (exact) mass is 783 g/mol. The molecule has 0 aromatic heterocycles. The Labute approximate surface area is 319 Å². The maximum atomic E-state index is 14.3. The minimum Gasteiger partial charge on any atom is -0.490 e. The zero-order valence-electron chi connectivity index (χ0n) is 30.2. The van der Waals surface area contributed by atoms with Crippen LogP contribution in [0.2, 0.25) is 5.02 Å². The van der Waals surface area contributed by atoms with E-state index in [9.17, 15) is 27.0 Å². The van der Waals surface area contributed by atoms with Gasteiger partial charge in [0, 0.05) is 42.6 Å². The Morgan fingerprint density at radius 3 is 2.74 bits per heavy atom. The first-order valence-corrected chi connectivity index (χ1v) is 20.7. The Balaban J connectivity index is 1.22. The molecule has 13 heteroatoms. The van der Waals surface area contributed by atoms with Crippen molar-refractivity contribution >= 4 is 39.0 Å². The van der Waals surface area contributed by atoms with Crippen LogP contribution in [0.5, 0.6) is 5.75 Å². The lowest BCUT2D eigenvalue weighted by molar-refractivity contribution is -0.138. The zero-order chi connectivity index (χ0) is 38.1. The highest BCUT2D eigenvalue weighted by Crippen LogP contribution is 2.47. The number of nitrogens with one attached hydrogen (secondary N) is 1. The van der Waals surface area contributed by atoms with Crippen molar-refractivity contribution in [3.63, 3.8) is 0 Å². The number of benzene rings is 3. The normalized spacial score (nSPS) is 27.7. The first kappa shape index (κ1) is 38.4. The maximum Gasteiger partial charge on any atom is 0.416 e. The van der Waals surface area contributed by atoms with Gasteiger partial charge in [0.1, 0.15) is 15.7 Å². The summed E-state index contributed by atoms with van der Waals surface area (Å²) in [4.78, 5) is 29.4. The molecule has 4 aliphatic rings. The molecular formula is C41H45ClF3N3O5S. The summed E-state index contributed by atoms with van der Waals surface area (Å²) < 4.78 is 74.2. The highest BCUT2D eigenvalue weighted by atomic mass is 35.5. The fourth-order valence-corrected chi connectivity index (χ4v) is 10.4. The fourth-order valence-electron chi connectivity index (χ4n) is 8.61. The summed E-state index contributed by atoms with van der Waals surface area (Å²) in [5, 5.41) is 0.705. The third-order valence-corrected chi connectivity index (χ3v) is 13.6. The van der Waals surface area contributed by atoms with E-state index in [-0.39, 0.29) is 47.2 Å². The highest BCUT2D eigenvalue weighted by Gasteiger charge is 2.44. The molecule has 0 saturated heterocycles. The van der Waals surface area contributed by atoms with E-state index in [1.807, 2.05) is 18.2 Å². The van der Waals surface area contributed by atoms with Crippen molar-refractivity contribution in [3.8, 4) is 5.75 Å². The number of halogens is 4. The summed E-state index contributed by atoms with van der Waals surface area (Å²) in [5.41, 5.74) is 2.20. The number of rotatable bonds is 5. The van der Waals surface area contributed by atoms with Crippen molar-refractivity contribution in [2.24, 2.45) is 16.2 Å². The van der Waals surface area contributed by atoms with Gasteiger partial charge in [-0.05, 0) is 116 Å². The highest BCUT2D eigenvalue weighted by molar-refractivity contribution is 7.92. The predicted molar refractivity (Wildman–Crippen MR) is 203 cm³/mol. The molecule has 288 valence electrons. The van der Waals surface area contributed by atoms with Crippen molar-refractivity contribution in [1.29, 1.82) is 0 Å². The molecule has 1 unspecified atom stereocenters. The fraction of sp³-hybridized carbons (Fsp3) is 0.463. The van der Waals surface area contributed by atoms with Gasteiger partial charge in [-0.3, -0.25) is 14.3 Å². The van der Waals surface area contributed by atoms with Crippen molar-refractivity contribution in [3.05, 3.63) is 106 Å². The molecule has 2 amide bonds. The van der Waals surface area contributed by atoms with Gasteiger partial charge in [-0.25, -0.2) is 4.21 Å². The summed E-state index contributed by atoms with van der Waals surface area (Å²) in [6.07, 6.45) is 4.48. The smallest absolute Gasteiger partial charge is 0.416 e. The molecule has 8 nitrogen and oxygen atoms in total. The number of carbonyl (C=O) groups is 2. The van der Waals surface area contributed by atoms with E-state index in [2.05, 4.69) is 26.1 Å². The van der Waals surface area contributed by atoms with E-state index in [0.29, 0.717) is 42.7 Å². The SMILES string of the molecule is CO[C@H]1/C=C\CCCS(=O)(NC(=O)CCc2ccccc2C(F)(F)F)=NC(=O)c2ccc3c(c2)N(C[C@@H]2CC[C@H]21)C[C@@]1(CCCc2cc(Cl)ccc21)CO3. The molecular weight excluding hydrogens is 739 g/mol. The van der Waals surface area contributed by atoms with Crippen molar-refractivity contribution in [2.75, 3.05) is 37.5 Å². The zero-order valence-corrected chi connectivity index (χ0v) is 31.8. The standard InChI is InChI=1S/C41H45ClF3N3O5S/c1-52-36-11-3-2-6-21-54(51,46-38(49)19-14-27-8-4-5-10-34(27)41(43,44)45)47-39(50)29-13-18-37-35(23-29)48(24-30-12-16-32(30)36)25-40(26-53-37)20-7-9-28-22-31(42)15-17-33(28)40/h3-5,8,10-11,13,15,17-18,22-23,30,32,36H,2,6-7,9,12,14,16,19-21,24-26H2,1H3,(H,46,47,49,50,51)/b11-3-/t30-,32+,36-,40-,54?/m0/s1. The first-order chi connectivity index (χ1) is 25.9. The Bertz CT molecular complexity index is 2070. The molecule has 1 spiro atoms. The molecule has 54 heavy (non-hydrogen) atoms. The Kier molecular flexibility index (Phi) is 11.2. The minimum atomic E-state index is -4.58. The second-order valence-corrected chi connectivity index (χ2v) is 17.5. The summed E-state index contributed by atoms with van der Waals surface area (Å²) in [6.45, 7) is 1.83. The average molecular weight is 784 g/mol. The van der Waals surface area contributed by atoms with Crippen LogP contribution in [0.1, 0.15) is 77.6 Å². The van der Waals surface area contributed by atoms with E-state index < -0.39 is 33.5 Å². The van der Waals surface area contributed by atoms with Crippen molar-refractivity contribution < 1.29 is 36.4 Å². The van der Waals surface area contributed by atoms with Gasteiger partial charge in [-0.2, -0.15) is 13.2 Å². The van der Waals surface area contributed by atoms with Crippen LogP contribution in [0.4, 0.5) is 18.9 Å². The second-order valence-electron chi connectivity index (χ2n) is 15.0. The second kappa shape index (κ2) is 15.7. The lowest BCUT2D eigenvalue weighted by atomic mass is 9.68. The van der Waals surface area contributed by atoms with Crippen LogP contribution >= 0.6 is 11.6 Å². The number of nitrogens with zero attached hydrogens (tertiary/aromatic N) is 2. The number of ether oxygens (including phenoxy) is 2. The van der Waals surface area contributed by atoms with Gasteiger partial charge in [-0.15, -0.1) is 4.36 Å². The average Bonchev–Trinajstić information content (AvgIpc) is 3.27. The van der Waals surface area contributed by atoms with Gasteiger partial charge >= 0.3 is 6.18 Å². The van der Waals surface area contributed by atoms with Crippen molar-refractivity contribution in [1.82, 2.24) is 4.72 Å². The van der Waals surface area contributed by atoms with Crippen LogP contribution in [0, 0.1) is 11.8 Å². The van der Waals surface area contributed by atoms with Crippen LogP contribution in [0.3, 0.4) is 0 Å². The van der Waals surface area contributed by atoms with Crippen LogP contribution in [-0.4, -0.2) is 54.7 Å². The number of carbonyl (C=O) groups excluding carboxylic acids is 2. The van der Waals surface area contributed by atoms with E-state index in [0.717, 1.165) is 50.4 Å². The molecule has 3 aromatic rings. The molecule has 2 bridgehead atoms. The summed E-state index contributed by atoms with van der Waals surface area (Å²) in [6, 6.07) is 16.3. The lowest BCUT2D eigenvalue weighted by Gasteiger charge is -2.46. The molecule has 1 N–H and O–H groups in total. The summed E-state index contributed by atoms with van der Waals surface area (Å²) in [7, 11) is -1.94. The van der Waals surface area contributed by atoms with E-state index in [1.165, 1.54) is 29.3 Å². The number of hydrogen-bond acceptors (Lipinski definition) is 6. The first-order valence-electron chi connectivity index (χ1n) is 18.6. The molecule has 2 heterocycles. The topological polar surface area (TPSA) is 97.3 Å².